The number of anilines is 1. The van der Waals surface area contributed by atoms with Gasteiger partial charge in [0.1, 0.15) is 11.6 Å². The smallest absolute Gasteiger partial charge is 0.405 e. The van der Waals surface area contributed by atoms with Gasteiger partial charge in [0.05, 0.1) is 6.54 Å². The Balaban J connectivity index is 0.00000341. The summed E-state index contributed by atoms with van der Waals surface area (Å²) in [6.45, 7) is 5.16. The molecule has 0 atom stereocenters. The Morgan fingerprint density at radius 2 is 1.90 bits per heavy atom. The van der Waals surface area contributed by atoms with E-state index in [1.165, 1.54) is 25.0 Å². The number of aliphatic imine (C=N–C) groups is 1. The number of ether oxygens (including phenoxy) is 1. The van der Waals surface area contributed by atoms with Crippen LogP contribution in [0.25, 0.3) is 0 Å². The molecule has 0 radical (unpaired) electrons. The molecule has 10 heteroatoms. The van der Waals surface area contributed by atoms with Crippen LogP contribution >= 0.6 is 24.0 Å². The van der Waals surface area contributed by atoms with Crippen LogP contribution in [0, 0.1) is 0 Å². The summed E-state index contributed by atoms with van der Waals surface area (Å²) < 4.78 is 41.9. The van der Waals surface area contributed by atoms with E-state index in [0.29, 0.717) is 24.6 Å². The number of nitrogens with zero attached hydrogens (tertiary/aromatic N) is 3. The molecule has 1 aliphatic rings. The zero-order valence-corrected chi connectivity index (χ0v) is 19.6. The second kappa shape index (κ2) is 12.0. The Bertz CT molecular complexity index is 857. The molecule has 0 spiro atoms. The van der Waals surface area contributed by atoms with Gasteiger partial charge in [-0.2, -0.15) is 0 Å². The van der Waals surface area contributed by atoms with Crippen LogP contribution in [0.4, 0.5) is 19.0 Å². The number of benzene rings is 1. The molecule has 0 aliphatic carbocycles. The highest BCUT2D eigenvalue weighted by Gasteiger charge is 2.31. The first-order valence-electron chi connectivity index (χ1n) is 10.0. The number of guanidine groups is 1. The summed E-state index contributed by atoms with van der Waals surface area (Å²) in [6.07, 6.45) is -0.594. The Morgan fingerprint density at radius 1 is 1.16 bits per heavy atom. The van der Waals surface area contributed by atoms with E-state index < -0.39 is 6.36 Å². The lowest BCUT2D eigenvalue weighted by Gasteiger charge is -2.17. The molecule has 31 heavy (non-hydrogen) atoms. The van der Waals surface area contributed by atoms with Gasteiger partial charge in [-0.25, -0.2) is 9.98 Å². The van der Waals surface area contributed by atoms with Crippen molar-refractivity contribution >= 4 is 35.8 Å². The van der Waals surface area contributed by atoms with Crippen LogP contribution in [-0.4, -0.2) is 36.9 Å². The van der Waals surface area contributed by atoms with E-state index in [4.69, 9.17) is 0 Å². The zero-order chi connectivity index (χ0) is 21.4. The molecule has 0 saturated carbocycles. The predicted molar refractivity (Wildman–Crippen MR) is 126 cm³/mol. The van der Waals surface area contributed by atoms with Gasteiger partial charge in [0.15, 0.2) is 5.96 Å². The van der Waals surface area contributed by atoms with Crippen molar-refractivity contribution in [2.24, 2.45) is 4.99 Å². The van der Waals surface area contributed by atoms with Crippen LogP contribution in [-0.2, 0) is 13.1 Å². The molecule has 0 amide bonds. The molecule has 1 aromatic carbocycles. The van der Waals surface area contributed by atoms with Gasteiger partial charge < -0.3 is 20.3 Å². The Kier molecular flexibility index (Phi) is 9.66. The molecule has 1 aliphatic heterocycles. The van der Waals surface area contributed by atoms with E-state index in [1.54, 1.807) is 18.3 Å². The summed E-state index contributed by atoms with van der Waals surface area (Å²) >= 11 is 0. The van der Waals surface area contributed by atoms with Crippen molar-refractivity contribution in [2.75, 3.05) is 24.5 Å². The minimum Gasteiger partial charge on any atom is -0.405 e. The highest BCUT2D eigenvalue weighted by molar-refractivity contribution is 14.0. The van der Waals surface area contributed by atoms with Crippen LogP contribution in [0.1, 0.15) is 30.9 Å². The van der Waals surface area contributed by atoms with Gasteiger partial charge in [-0.1, -0.05) is 18.2 Å². The summed E-state index contributed by atoms with van der Waals surface area (Å²) in [5, 5.41) is 6.18. The first kappa shape index (κ1) is 25.0. The number of para-hydroxylation sites is 1. The topological polar surface area (TPSA) is 61.8 Å². The van der Waals surface area contributed by atoms with Gasteiger partial charge in [0.2, 0.25) is 0 Å². The fraction of sp³-hybridized carbons (Fsp3) is 0.429. The molecule has 1 fully saturated rings. The molecule has 2 heterocycles. The van der Waals surface area contributed by atoms with Crippen LogP contribution in [0.2, 0.25) is 0 Å². The standard InChI is InChI=1S/C21H26F3N5O.HI/c1-2-25-20(28-15-17-7-3-4-8-18(17)30-21(22,23)24)27-14-16-9-10-26-19(13-16)29-11-5-6-12-29;/h3-4,7-10,13H,2,5-6,11-12,14-15H2,1H3,(H2,25,27,28);1H. The molecule has 2 N–H and O–H groups in total. The Labute approximate surface area is 197 Å². The molecule has 0 bridgehead atoms. The van der Waals surface area contributed by atoms with Gasteiger partial charge in [-0.3, -0.25) is 0 Å². The average Bonchev–Trinajstić information content (AvgIpc) is 3.25. The van der Waals surface area contributed by atoms with Crippen molar-refractivity contribution in [2.45, 2.75) is 39.2 Å². The van der Waals surface area contributed by atoms with E-state index in [2.05, 4.69) is 30.2 Å². The number of halogens is 4. The van der Waals surface area contributed by atoms with Crippen LogP contribution in [0.5, 0.6) is 5.75 Å². The quantitative estimate of drug-likeness (QED) is 0.304. The normalized spacial score (nSPS) is 14.2. The minimum atomic E-state index is -4.73. The van der Waals surface area contributed by atoms with Crippen LogP contribution < -0.4 is 20.3 Å². The molecular weight excluding hydrogens is 522 g/mol. The maximum Gasteiger partial charge on any atom is 0.573 e. The molecule has 170 valence electrons. The van der Waals surface area contributed by atoms with Crippen molar-refractivity contribution < 1.29 is 17.9 Å². The highest BCUT2D eigenvalue weighted by Crippen LogP contribution is 2.26. The minimum absolute atomic E-state index is 0. The summed E-state index contributed by atoms with van der Waals surface area (Å²) in [7, 11) is 0. The molecule has 6 nitrogen and oxygen atoms in total. The van der Waals surface area contributed by atoms with Gasteiger partial charge in [-0.15, -0.1) is 37.1 Å². The number of alkyl halides is 3. The molecule has 1 saturated heterocycles. The number of hydrogen-bond acceptors (Lipinski definition) is 4. The summed E-state index contributed by atoms with van der Waals surface area (Å²) in [6, 6.07) is 10.0. The fourth-order valence-corrected chi connectivity index (χ4v) is 3.24. The first-order valence-corrected chi connectivity index (χ1v) is 10.0. The fourth-order valence-electron chi connectivity index (χ4n) is 3.24. The average molecular weight is 549 g/mol. The lowest BCUT2D eigenvalue weighted by molar-refractivity contribution is -0.274. The van der Waals surface area contributed by atoms with Crippen molar-refractivity contribution in [1.29, 1.82) is 0 Å². The third-order valence-corrected chi connectivity index (χ3v) is 4.65. The second-order valence-corrected chi connectivity index (χ2v) is 6.92. The van der Waals surface area contributed by atoms with E-state index in [0.717, 1.165) is 24.5 Å². The maximum absolute atomic E-state index is 12.6. The van der Waals surface area contributed by atoms with Gasteiger partial charge in [0, 0.05) is 37.9 Å². The zero-order valence-electron chi connectivity index (χ0n) is 17.3. The molecule has 3 rings (SSSR count). The highest BCUT2D eigenvalue weighted by atomic mass is 127. The van der Waals surface area contributed by atoms with Gasteiger partial charge in [0.25, 0.3) is 0 Å². The summed E-state index contributed by atoms with van der Waals surface area (Å²) in [5.74, 6) is 1.24. The van der Waals surface area contributed by atoms with Crippen molar-refractivity contribution in [3.63, 3.8) is 0 Å². The molecular formula is C21H27F3IN5O. The maximum atomic E-state index is 12.6. The molecule has 1 aromatic heterocycles. The number of aromatic nitrogens is 1. The number of rotatable bonds is 7. The molecule has 2 aromatic rings. The number of pyridine rings is 1. The lowest BCUT2D eigenvalue weighted by atomic mass is 10.2. The van der Waals surface area contributed by atoms with E-state index in [-0.39, 0.29) is 36.3 Å². The Hall–Kier alpha value is -2.24. The summed E-state index contributed by atoms with van der Waals surface area (Å²) in [5.41, 5.74) is 1.41. The van der Waals surface area contributed by atoms with E-state index >= 15 is 0 Å². The Morgan fingerprint density at radius 3 is 2.61 bits per heavy atom. The van der Waals surface area contributed by atoms with Gasteiger partial charge in [-0.05, 0) is 43.5 Å². The van der Waals surface area contributed by atoms with Gasteiger partial charge >= 0.3 is 6.36 Å². The van der Waals surface area contributed by atoms with Crippen molar-refractivity contribution in [3.8, 4) is 5.75 Å². The number of hydrogen-bond donors (Lipinski definition) is 2. The monoisotopic (exact) mass is 549 g/mol. The first-order chi connectivity index (χ1) is 14.4. The van der Waals surface area contributed by atoms with Crippen molar-refractivity contribution in [1.82, 2.24) is 15.6 Å². The van der Waals surface area contributed by atoms with Crippen molar-refractivity contribution in [3.05, 3.63) is 53.7 Å². The van der Waals surface area contributed by atoms with E-state index in [1.807, 2.05) is 19.1 Å². The molecule has 0 unspecified atom stereocenters. The third-order valence-electron chi connectivity index (χ3n) is 4.65. The second-order valence-electron chi connectivity index (χ2n) is 6.92. The summed E-state index contributed by atoms with van der Waals surface area (Å²) in [4.78, 5) is 11.3. The van der Waals surface area contributed by atoms with Crippen LogP contribution in [0.15, 0.2) is 47.6 Å². The SMILES string of the molecule is CCNC(=NCc1ccnc(N2CCCC2)c1)NCc1ccccc1OC(F)(F)F.I. The largest absolute Gasteiger partial charge is 0.573 e. The predicted octanol–water partition coefficient (Wildman–Crippen LogP) is 4.45. The van der Waals surface area contributed by atoms with Crippen LogP contribution in [0.3, 0.4) is 0 Å². The van der Waals surface area contributed by atoms with E-state index in [9.17, 15) is 13.2 Å². The third kappa shape index (κ3) is 8.08. The lowest BCUT2D eigenvalue weighted by Crippen LogP contribution is -2.37. The number of nitrogens with one attached hydrogen (secondary N) is 2.